The number of hydrogen-bond donors (Lipinski definition) is 6. The highest BCUT2D eigenvalue weighted by Crippen LogP contribution is 2.47. The van der Waals surface area contributed by atoms with Crippen LogP contribution in [0.3, 0.4) is 0 Å². The highest BCUT2D eigenvalue weighted by atomic mass is 19.4. The fourth-order valence-electron chi connectivity index (χ4n) is 7.15. The van der Waals surface area contributed by atoms with E-state index in [2.05, 4.69) is 29.9 Å². The molecule has 344 valence electrons. The molecule has 0 spiro atoms. The minimum atomic E-state index is -4.64. The molecule has 2 aromatic carbocycles. The SMILES string of the molecule is CC1(C)O[C@H]2[C@@H](O1)[C@H](n1cnc3c(N)ncnc31)O[C@@H]2[C@H](O)c1ccc(F)c(F)c1.Nc1ncnc2c1ncn2[C@@H]1O[C@H]([C@H](O)c2ccc(F)c(F)c2)[C@@H](O)[C@H]1O.O.O=CC(F)(F)F. The molecule has 3 aliphatic heterocycles. The van der Waals surface area contributed by atoms with Gasteiger partial charge in [-0.1, -0.05) is 12.1 Å². The third-order valence-electron chi connectivity index (χ3n) is 9.99. The van der Waals surface area contributed by atoms with E-state index in [-0.39, 0.29) is 39.4 Å². The van der Waals surface area contributed by atoms with Gasteiger partial charge in [0.2, 0.25) is 6.29 Å². The lowest BCUT2D eigenvalue weighted by Gasteiger charge is -2.27. The number of alkyl halides is 3. The second kappa shape index (κ2) is 18.2. The lowest BCUT2D eigenvalue weighted by atomic mass is 9.99. The average Bonchev–Trinajstić information content (AvgIpc) is 4.06. The number of aliphatic hydroxyl groups excluding tert-OH is 4. The number of anilines is 2. The number of rotatable bonds is 6. The summed E-state index contributed by atoms with van der Waals surface area (Å²) in [5.41, 5.74) is 13.1. The molecule has 3 aliphatic rings. The number of aldehydes is 1. The van der Waals surface area contributed by atoms with E-state index in [1.54, 1.807) is 18.4 Å². The van der Waals surface area contributed by atoms with Crippen molar-refractivity contribution < 1.29 is 80.4 Å². The van der Waals surface area contributed by atoms with Crippen molar-refractivity contribution >= 4 is 40.2 Å². The number of carbonyl (C=O) groups is 1. The van der Waals surface area contributed by atoms with E-state index in [1.165, 1.54) is 42.0 Å². The Morgan fingerprint density at radius 1 is 0.688 bits per heavy atom. The van der Waals surface area contributed by atoms with Gasteiger partial charge in [0.15, 0.2) is 64.4 Å². The highest BCUT2D eigenvalue weighted by Gasteiger charge is 2.58. The van der Waals surface area contributed by atoms with Crippen LogP contribution in [0, 0.1) is 23.3 Å². The Morgan fingerprint density at radius 3 is 1.59 bits per heavy atom. The van der Waals surface area contributed by atoms with Gasteiger partial charge in [0.1, 0.15) is 72.5 Å². The maximum atomic E-state index is 13.7. The largest absolute Gasteiger partial charge is 0.446 e. The Kier molecular flexibility index (Phi) is 13.5. The number of hydrogen-bond acceptors (Lipinski definition) is 17. The minimum Gasteiger partial charge on any atom is -0.412 e. The first kappa shape index (κ1) is 47.4. The molecule has 0 aliphatic carbocycles. The van der Waals surface area contributed by atoms with Gasteiger partial charge in [-0.05, 0) is 49.2 Å². The first-order chi connectivity index (χ1) is 29.7. The molecule has 10 N–H and O–H groups in total. The van der Waals surface area contributed by atoms with Crippen LogP contribution in [-0.4, -0.2) is 120 Å². The van der Waals surface area contributed by atoms with E-state index in [0.29, 0.717) is 11.2 Å². The summed E-state index contributed by atoms with van der Waals surface area (Å²) in [5.74, 6) is -4.87. The van der Waals surface area contributed by atoms with Gasteiger partial charge in [-0.2, -0.15) is 13.2 Å². The quantitative estimate of drug-likeness (QED) is 0.103. The second-order valence-electron chi connectivity index (χ2n) is 14.6. The third kappa shape index (κ3) is 9.28. The van der Waals surface area contributed by atoms with Crippen LogP contribution in [0.1, 0.15) is 49.6 Å². The summed E-state index contributed by atoms with van der Waals surface area (Å²) < 4.78 is 112. The molecule has 7 heterocycles. The lowest BCUT2D eigenvalue weighted by Crippen LogP contribution is -2.34. The highest BCUT2D eigenvalue weighted by molar-refractivity contribution is 5.81. The number of ether oxygens (including phenoxy) is 4. The number of nitrogen functional groups attached to an aromatic ring is 2. The Balaban J connectivity index is 0.000000187. The zero-order valence-electron chi connectivity index (χ0n) is 32.8. The topological polar surface area (TPSA) is 306 Å². The van der Waals surface area contributed by atoms with Crippen LogP contribution >= 0.6 is 0 Å². The van der Waals surface area contributed by atoms with Gasteiger partial charge in [-0.25, -0.2) is 47.5 Å². The van der Waals surface area contributed by atoms with Crippen LogP contribution in [0.25, 0.3) is 22.3 Å². The van der Waals surface area contributed by atoms with Gasteiger partial charge in [0.05, 0.1) is 12.7 Å². The van der Waals surface area contributed by atoms with Gasteiger partial charge in [-0.3, -0.25) is 13.9 Å². The van der Waals surface area contributed by atoms with E-state index >= 15 is 0 Å². The van der Waals surface area contributed by atoms with Crippen LogP contribution in [0.4, 0.5) is 42.4 Å². The normalized spacial score (nSPS) is 25.7. The van der Waals surface area contributed by atoms with Crippen LogP contribution in [0.2, 0.25) is 0 Å². The number of benzene rings is 2. The molecular weight excluding hydrogens is 877 g/mol. The minimum absolute atomic E-state index is 0. The van der Waals surface area contributed by atoms with Crippen LogP contribution in [0.15, 0.2) is 61.7 Å². The summed E-state index contributed by atoms with van der Waals surface area (Å²) in [4.78, 5) is 33.0. The van der Waals surface area contributed by atoms with Crippen molar-refractivity contribution in [1.29, 1.82) is 0 Å². The van der Waals surface area contributed by atoms with Gasteiger partial charge in [0, 0.05) is 0 Å². The van der Waals surface area contributed by atoms with E-state index < -0.39 is 103 Å². The molecule has 20 nitrogen and oxygen atoms in total. The van der Waals surface area contributed by atoms with Crippen molar-refractivity contribution in [2.45, 2.75) is 87.1 Å². The smallest absolute Gasteiger partial charge is 0.412 e. The molecular formula is C37H37F7N10O10. The Hall–Kier alpha value is -6.04. The van der Waals surface area contributed by atoms with Crippen LogP contribution in [-0.2, 0) is 23.7 Å². The molecule has 10 atom stereocenters. The molecule has 27 heteroatoms. The number of nitrogens with two attached hydrogens (primary N) is 2. The van der Waals surface area contributed by atoms with Crippen LogP contribution < -0.4 is 11.5 Å². The van der Waals surface area contributed by atoms with E-state index in [0.717, 1.165) is 24.3 Å². The van der Waals surface area contributed by atoms with Gasteiger partial charge in [0.25, 0.3) is 0 Å². The molecule has 6 aromatic rings. The number of aliphatic hydroxyl groups is 4. The molecule has 0 unspecified atom stereocenters. The Labute approximate surface area is 354 Å². The predicted molar refractivity (Wildman–Crippen MR) is 201 cm³/mol. The first-order valence-corrected chi connectivity index (χ1v) is 18.4. The molecule has 3 fully saturated rings. The summed E-state index contributed by atoms with van der Waals surface area (Å²) in [5, 5.41) is 42.0. The number of carbonyl (C=O) groups excluding carboxylic acids is 1. The molecule has 4 aromatic heterocycles. The Bertz CT molecular complexity index is 2620. The summed E-state index contributed by atoms with van der Waals surface area (Å²) in [7, 11) is 0. The van der Waals surface area contributed by atoms with Gasteiger partial charge in [-0.15, -0.1) is 0 Å². The van der Waals surface area contributed by atoms with E-state index in [1.807, 2.05) is 0 Å². The monoisotopic (exact) mass is 914 g/mol. The predicted octanol–water partition coefficient (Wildman–Crippen LogP) is 1.80. The van der Waals surface area contributed by atoms with Crippen LogP contribution in [0.5, 0.6) is 0 Å². The van der Waals surface area contributed by atoms with Crippen molar-refractivity contribution in [2.75, 3.05) is 11.5 Å². The van der Waals surface area contributed by atoms with Crippen molar-refractivity contribution in [2.24, 2.45) is 0 Å². The summed E-state index contributed by atoms with van der Waals surface area (Å²) in [6, 6.07) is 6.02. The van der Waals surface area contributed by atoms with E-state index in [9.17, 15) is 51.2 Å². The lowest BCUT2D eigenvalue weighted by molar-refractivity contribution is -0.207. The third-order valence-corrected chi connectivity index (χ3v) is 9.99. The van der Waals surface area contributed by atoms with Crippen molar-refractivity contribution in [3.8, 4) is 0 Å². The second-order valence-corrected chi connectivity index (χ2v) is 14.6. The fourth-order valence-corrected chi connectivity index (χ4v) is 7.15. The molecule has 0 amide bonds. The van der Waals surface area contributed by atoms with Crippen molar-refractivity contribution in [3.05, 3.63) is 96.1 Å². The van der Waals surface area contributed by atoms with Gasteiger partial charge < -0.3 is 56.3 Å². The maximum absolute atomic E-state index is 13.7. The number of nitrogens with zero attached hydrogens (tertiary/aromatic N) is 8. The van der Waals surface area contributed by atoms with Crippen molar-refractivity contribution in [1.82, 2.24) is 39.0 Å². The van der Waals surface area contributed by atoms with E-state index in [4.69, 9.17) is 35.2 Å². The van der Waals surface area contributed by atoms with Crippen molar-refractivity contribution in [3.63, 3.8) is 0 Å². The summed E-state index contributed by atoms with van der Waals surface area (Å²) in [6.45, 7) is 3.49. The first-order valence-electron chi connectivity index (χ1n) is 18.4. The number of aromatic nitrogens is 8. The molecule has 64 heavy (non-hydrogen) atoms. The average molecular weight is 915 g/mol. The number of halogens is 7. The summed E-state index contributed by atoms with van der Waals surface area (Å²) >= 11 is 0. The molecule has 0 saturated carbocycles. The molecule has 0 radical (unpaired) electrons. The molecule has 3 saturated heterocycles. The number of fused-ring (bicyclic) bond motifs is 3. The molecule has 9 rings (SSSR count). The summed E-state index contributed by atoms with van der Waals surface area (Å²) in [6.07, 6.45) is -11.5. The zero-order valence-corrected chi connectivity index (χ0v) is 32.8. The Morgan fingerprint density at radius 2 is 1.12 bits per heavy atom. The van der Waals surface area contributed by atoms with Gasteiger partial charge >= 0.3 is 6.18 Å². The maximum Gasteiger partial charge on any atom is 0.446 e. The fraction of sp³-hybridized carbons (Fsp3) is 0.378. The standard InChI is InChI=1S/C19H19F2N5O4.C16H15F2N5O4.C2HF3O.H2O/c1-19(2)29-14-13(12(27)8-3-4-9(20)10(21)5-8)28-18(15(14)30-19)26-7-25-11-16(22)23-6-24-17(11)26;17-7-2-1-6(3-8(7)18)10(24)13-11(25)12(26)16(27-13)23-5-22-9-14(19)20-4-21-15(9)23;3-2(4,5)1-6;/h3-7,12-15,18,27H,1-2H3,(H2,22,23,24);1-5,10-13,16,24-26H,(H2,19,20,21);1H;1H2/t12-,13-,14-,15-,18-;10-,11+,12-,13-,16-;;/m11../s1. The number of imidazole rings is 2. The molecule has 0 bridgehead atoms. The zero-order chi connectivity index (χ0) is 45.7.